The summed E-state index contributed by atoms with van der Waals surface area (Å²) in [7, 11) is -1.90. The summed E-state index contributed by atoms with van der Waals surface area (Å²) in [6, 6.07) is 1.70. The molecule has 0 aromatic carbocycles. The van der Waals surface area contributed by atoms with Crippen LogP contribution in [0, 0.1) is 0 Å². The molecular formula is C16H19N3O5S2. The van der Waals surface area contributed by atoms with Crippen LogP contribution >= 0.6 is 11.3 Å². The van der Waals surface area contributed by atoms with Gasteiger partial charge < -0.3 is 9.84 Å². The third-order valence-electron chi connectivity index (χ3n) is 5.07. The van der Waals surface area contributed by atoms with Crippen LogP contribution in [0.1, 0.15) is 33.0 Å². The van der Waals surface area contributed by atoms with Crippen molar-refractivity contribution in [3.63, 3.8) is 0 Å². The molecule has 1 fully saturated rings. The third-order valence-corrected chi connectivity index (χ3v) is 8.10. The summed E-state index contributed by atoms with van der Waals surface area (Å²) in [6.45, 7) is 1.19. The second-order valence-electron chi connectivity index (χ2n) is 6.60. The molecule has 4 heterocycles. The van der Waals surface area contributed by atoms with Gasteiger partial charge in [-0.25, -0.2) is 13.2 Å². The number of aromatic carboxylic acids is 1. The Balaban J connectivity index is 1.58. The summed E-state index contributed by atoms with van der Waals surface area (Å²) in [5.41, 5.74) is 0.336. The lowest BCUT2D eigenvalue weighted by Gasteiger charge is -2.43. The van der Waals surface area contributed by atoms with Gasteiger partial charge in [-0.1, -0.05) is 0 Å². The van der Waals surface area contributed by atoms with Gasteiger partial charge in [0.15, 0.2) is 0 Å². The highest BCUT2D eigenvalue weighted by Crippen LogP contribution is 2.45. The molecule has 0 bridgehead atoms. The molecule has 2 aromatic heterocycles. The summed E-state index contributed by atoms with van der Waals surface area (Å²) < 4.78 is 34.5. The zero-order chi connectivity index (χ0) is 18.5. The number of fused-ring (bicyclic) bond motifs is 2. The number of hydrogen-bond donors (Lipinski definition) is 1. The van der Waals surface area contributed by atoms with Crippen LogP contribution in [0.3, 0.4) is 0 Å². The van der Waals surface area contributed by atoms with Gasteiger partial charge in [0.25, 0.3) is 0 Å². The fourth-order valence-electron chi connectivity index (χ4n) is 3.70. The number of sulfonamides is 1. The number of ether oxygens (including phenoxy) is 1. The van der Waals surface area contributed by atoms with Gasteiger partial charge in [-0.15, -0.1) is 11.3 Å². The van der Waals surface area contributed by atoms with Gasteiger partial charge in [0.2, 0.25) is 10.0 Å². The highest BCUT2D eigenvalue weighted by molar-refractivity contribution is 7.89. The molecule has 0 unspecified atom stereocenters. The molecule has 0 atom stereocenters. The summed E-state index contributed by atoms with van der Waals surface area (Å²) >= 11 is 1.29. The van der Waals surface area contributed by atoms with Crippen LogP contribution < -0.4 is 0 Å². The van der Waals surface area contributed by atoms with Crippen LogP contribution in [0.4, 0.5) is 0 Å². The average Bonchev–Trinajstić information content (AvgIpc) is 3.23. The van der Waals surface area contributed by atoms with Crippen LogP contribution in [0.5, 0.6) is 0 Å². The SMILES string of the molecule is Cn1cc(S(=O)(=O)N2CCC3(CC2)OCCc2sc(C(=O)O)cc23)cn1. The Kier molecular flexibility index (Phi) is 4.18. The minimum Gasteiger partial charge on any atom is -0.477 e. The van der Waals surface area contributed by atoms with E-state index in [1.165, 1.54) is 32.7 Å². The molecule has 1 saturated heterocycles. The zero-order valence-electron chi connectivity index (χ0n) is 14.2. The quantitative estimate of drug-likeness (QED) is 0.841. The Labute approximate surface area is 155 Å². The lowest BCUT2D eigenvalue weighted by Crippen LogP contribution is -2.47. The smallest absolute Gasteiger partial charge is 0.345 e. The highest BCUT2D eigenvalue weighted by Gasteiger charge is 2.44. The van der Waals surface area contributed by atoms with E-state index in [2.05, 4.69) is 5.10 Å². The van der Waals surface area contributed by atoms with Gasteiger partial charge in [0.1, 0.15) is 9.77 Å². The number of aryl methyl sites for hydroxylation is 1. The molecular weight excluding hydrogens is 378 g/mol. The van der Waals surface area contributed by atoms with Crippen LogP contribution in [0.15, 0.2) is 23.4 Å². The molecule has 2 aliphatic heterocycles. The zero-order valence-corrected chi connectivity index (χ0v) is 15.8. The van der Waals surface area contributed by atoms with E-state index in [4.69, 9.17) is 4.74 Å². The number of aromatic nitrogens is 2. The van der Waals surface area contributed by atoms with E-state index in [-0.39, 0.29) is 4.90 Å². The standard InChI is InChI=1S/C16H19N3O5S2/c1-18-10-11(9-17-18)26(22,23)19-5-3-16(4-6-19)12-8-14(15(20)21)25-13(12)2-7-24-16/h8-10H,2-7H2,1H3,(H,20,21). The third kappa shape index (κ3) is 2.77. The maximum atomic E-state index is 12.8. The van der Waals surface area contributed by atoms with Gasteiger partial charge in [-0.05, 0) is 24.5 Å². The van der Waals surface area contributed by atoms with Crippen LogP contribution in [0.2, 0.25) is 0 Å². The van der Waals surface area contributed by atoms with Crippen molar-refractivity contribution in [2.24, 2.45) is 7.05 Å². The maximum absolute atomic E-state index is 12.8. The predicted octanol–water partition coefficient (Wildman–Crippen LogP) is 1.43. The lowest BCUT2D eigenvalue weighted by atomic mass is 9.83. The fourth-order valence-corrected chi connectivity index (χ4v) is 6.20. The van der Waals surface area contributed by atoms with E-state index < -0.39 is 21.6 Å². The number of nitrogens with zero attached hydrogens (tertiary/aromatic N) is 3. The van der Waals surface area contributed by atoms with Crippen molar-refractivity contribution in [3.05, 3.63) is 33.8 Å². The van der Waals surface area contributed by atoms with Gasteiger partial charge >= 0.3 is 5.97 Å². The second-order valence-corrected chi connectivity index (χ2v) is 9.67. The average molecular weight is 397 g/mol. The van der Waals surface area contributed by atoms with E-state index in [9.17, 15) is 18.3 Å². The van der Waals surface area contributed by atoms with Crippen molar-refractivity contribution in [1.29, 1.82) is 0 Å². The van der Waals surface area contributed by atoms with E-state index in [1.807, 2.05) is 0 Å². The van der Waals surface area contributed by atoms with E-state index in [1.54, 1.807) is 13.1 Å². The Hall–Kier alpha value is -1.75. The van der Waals surface area contributed by atoms with Crippen molar-refractivity contribution in [2.75, 3.05) is 19.7 Å². The first-order valence-corrected chi connectivity index (χ1v) is 10.6. The van der Waals surface area contributed by atoms with Crippen molar-refractivity contribution in [1.82, 2.24) is 14.1 Å². The van der Waals surface area contributed by atoms with Gasteiger partial charge in [0, 0.05) is 37.6 Å². The van der Waals surface area contributed by atoms with Crippen molar-refractivity contribution >= 4 is 27.3 Å². The molecule has 0 aliphatic carbocycles. The normalized spacial score (nSPS) is 20.2. The number of carboxylic acid groups (broad SMARTS) is 1. The van der Waals surface area contributed by atoms with Crippen molar-refractivity contribution in [3.8, 4) is 0 Å². The Morgan fingerprint density at radius 2 is 2.12 bits per heavy atom. The second kappa shape index (κ2) is 6.15. The van der Waals surface area contributed by atoms with E-state index in [0.29, 0.717) is 43.8 Å². The molecule has 0 saturated carbocycles. The van der Waals surface area contributed by atoms with E-state index in [0.717, 1.165) is 10.4 Å². The summed E-state index contributed by atoms with van der Waals surface area (Å²) in [4.78, 5) is 12.8. The predicted molar refractivity (Wildman–Crippen MR) is 93.8 cm³/mol. The lowest BCUT2D eigenvalue weighted by molar-refractivity contribution is -0.0882. The first kappa shape index (κ1) is 17.7. The first-order valence-electron chi connectivity index (χ1n) is 8.31. The van der Waals surface area contributed by atoms with E-state index >= 15 is 0 Å². The molecule has 26 heavy (non-hydrogen) atoms. The molecule has 1 N–H and O–H groups in total. The van der Waals surface area contributed by atoms with Gasteiger partial charge in [0.05, 0.1) is 18.4 Å². The molecule has 8 nitrogen and oxygen atoms in total. The molecule has 2 aliphatic rings. The van der Waals surface area contributed by atoms with Crippen molar-refractivity contribution < 1.29 is 23.1 Å². The minimum absolute atomic E-state index is 0.185. The number of rotatable bonds is 3. The number of hydrogen-bond acceptors (Lipinski definition) is 6. The number of carbonyl (C=O) groups is 1. The van der Waals surface area contributed by atoms with Crippen LogP contribution in [-0.2, 0) is 33.8 Å². The molecule has 0 radical (unpaired) electrons. The Bertz CT molecular complexity index is 954. The van der Waals surface area contributed by atoms with Crippen molar-refractivity contribution in [2.45, 2.75) is 29.8 Å². The molecule has 140 valence electrons. The fraction of sp³-hybridized carbons (Fsp3) is 0.500. The Morgan fingerprint density at radius 1 is 1.38 bits per heavy atom. The number of thiophene rings is 1. The van der Waals surface area contributed by atoms with Gasteiger partial charge in [-0.2, -0.15) is 9.40 Å². The van der Waals surface area contributed by atoms with Crippen LogP contribution in [0.25, 0.3) is 0 Å². The summed E-state index contributed by atoms with van der Waals surface area (Å²) in [5, 5.41) is 13.2. The molecule has 10 heteroatoms. The summed E-state index contributed by atoms with van der Waals surface area (Å²) in [6.07, 6.45) is 4.57. The summed E-state index contributed by atoms with van der Waals surface area (Å²) in [5.74, 6) is -0.934. The highest BCUT2D eigenvalue weighted by atomic mass is 32.2. The topological polar surface area (TPSA) is 102 Å². The number of carboxylic acids is 1. The minimum atomic E-state index is -3.58. The Morgan fingerprint density at radius 3 is 2.73 bits per heavy atom. The maximum Gasteiger partial charge on any atom is 0.345 e. The van der Waals surface area contributed by atoms with Gasteiger partial charge in [-0.3, -0.25) is 4.68 Å². The van der Waals surface area contributed by atoms with Crippen LogP contribution in [-0.4, -0.2) is 53.3 Å². The molecule has 4 rings (SSSR count). The monoisotopic (exact) mass is 397 g/mol. The molecule has 0 amide bonds. The largest absolute Gasteiger partial charge is 0.477 e. The molecule has 1 spiro atoms. The molecule has 2 aromatic rings. The number of piperidine rings is 1. The first-order chi connectivity index (χ1) is 12.3.